The number of nitrogens with one attached hydrogen (secondary N) is 1. The lowest BCUT2D eigenvalue weighted by Crippen LogP contribution is -2.27. The minimum absolute atomic E-state index is 0.0679. The van der Waals surface area contributed by atoms with E-state index < -0.39 is 0 Å². The summed E-state index contributed by atoms with van der Waals surface area (Å²) in [4.78, 5) is 12.0. The lowest BCUT2D eigenvalue weighted by atomic mass is 9.96. The van der Waals surface area contributed by atoms with Crippen molar-refractivity contribution < 1.29 is 4.79 Å². The molecule has 0 saturated heterocycles. The molecule has 0 heterocycles. The highest BCUT2D eigenvalue weighted by Crippen LogP contribution is 2.18. The van der Waals surface area contributed by atoms with Gasteiger partial charge in [0.05, 0.1) is 6.04 Å². The average Bonchev–Trinajstić information content (AvgIpc) is 2.43. The predicted molar refractivity (Wildman–Crippen MR) is 84.4 cm³/mol. The normalized spacial score (nSPS) is 13.8. The molecule has 112 valence electrons. The minimum atomic E-state index is 0.0679. The first-order valence-electron chi connectivity index (χ1n) is 7.63. The van der Waals surface area contributed by atoms with E-state index in [2.05, 4.69) is 31.3 Å². The van der Waals surface area contributed by atoms with Crippen LogP contribution in [0.15, 0.2) is 24.3 Å². The molecular formula is C17H28N2O. The van der Waals surface area contributed by atoms with E-state index in [9.17, 15) is 4.79 Å². The average molecular weight is 276 g/mol. The Morgan fingerprint density at radius 3 is 2.60 bits per heavy atom. The van der Waals surface area contributed by atoms with Crippen molar-refractivity contribution in [1.82, 2.24) is 5.32 Å². The summed E-state index contributed by atoms with van der Waals surface area (Å²) in [6, 6.07) is 8.25. The molecule has 0 bridgehead atoms. The summed E-state index contributed by atoms with van der Waals surface area (Å²) >= 11 is 0. The van der Waals surface area contributed by atoms with Crippen molar-refractivity contribution in [3.63, 3.8) is 0 Å². The van der Waals surface area contributed by atoms with Gasteiger partial charge in [0.1, 0.15) is 0 Å². The van der Waals surface area contributed by atoms with Crippen LogP contribution in [-0.2, 0) is 4.79 Å². The Balaban J connectivity index is 2.44. The molecule has 0 saturated carbocycles. The van der Waals surface area contributed by atoms with Crippen LogP contribution in [0.3, 0.4) is 0 Å². The highest BCUT2D eigenvalue weighted by atomic mass is 16.1. The zero-order valence-corrected chi connectivity index (χ0v) is 13.0. The molecule has 0 fully saturated rings. The van der Waals surface area contributed by atoms with Gasteiger partial charge in [0.15, 0.2) is 0 Å². The van der Waals surface area contributed by atoms with Crippen LogP contribution in [0.1, 0.15) is 56.7 Å². The van der Waals surface area contributed by atoms with E-state index in [1.807, 2.05) is 19.1 Å². The Hall–Kier alpha value is -1.35. The van der Waals surface area contributed by atoms with E-state index in [-0.39, 0.29) is 11.9 Å². The highest BCUT2D eigenvalue weighted by Gasteiger charge is 2.13. The highest BCUT2D eigenvalue weighted by molar-refractivity contribution is 5.76. The predicted octanol–water partition coefficient (Wildman–Crippen LogP) is 3.33. The Bertz CT molecular complexity index is 417. The quantitative estimate of drug-likeness (QED) is 0.765. The van der Waals surface area contributed by atoms with Crippen molar-refractivity contribution in [2.24, 2.45) is 11.7 Å². The molecule has 0 aliphatic rings. The summed E-state index contributed by atoms with van der Waals surface area (Å²) in [7, 11) is 0. The van der Waals surface area contributed by atoms with Crippen LogP contribution in [0.5, 0.6) is 0 Å². The van der Waals surface area contributed by atoms with Crippen molar-refractivity contribution in [3.05, 3.63) is 35.4 Å². The Kier molecular flexibility index (Phi) is 7.31. The number of carbonyl (C=O) groups is 1. The largest absolute Gasteiger partial charge is 0.350 e. The Labute approximate surface area is 122 Å². The third kappa shape index (κ3) is 5.33. The Morgan fingerprint density at radius 1 is 1.30 bits per heavy atom. The summed E-state index contributed by atoms with van der Waals surface area (Å²) in [5.41, 5.74) is 7.99. The second-order valence-electron chi connectivity index (χ2n) is 5.54. The number of nitrogens with two attached hydrogens (primary N) is 1. The van der Waals surface area contributed by atoms with Crippen LogP contribution in [-0.4, -0.2) is 12.5 Å². The zero-order valence-electron chi connectivity index (χ0n) is 13.0. The Morgan fingerprint density at radius 2 is 2.00 bits per heavy atom. The smallest absolute Gasteiger partial charge is 0.220 e. The molecule has 0 radical (unpaired) electrons. The summed E-state index contributed by atoms with van der Waals surface area (Å²) < 4.78 is 0. The second-order valence-corrected chi connectivity index (χ2v) is 5.54. The molecule has 0 aromatic heterocycles. The first-order chi connectivity index (χ1) is 9.58. The summed E-state index contributed by atoms with van der Waals surface area (Å²) in [5.74, 6) is 0.704. The van der Waals surface area contributed by atoms with Gasteiger partial charge in [-0.2, -0.15) is 0 Å². The maximum absolute atomic E-state index is 12.0. The van der Waals surface area contributed by atoms with Crippen LogP contribution < -0.4 is 11.1 Å². The van der Waals surface area contributed by atoms with Gasteiger partial charge in [-0.15, -0.1) is 0 Å². The molecule has 0 spiro atoms. The molecule has 3 nitrogen and oxygen atoms in total. The van der Waals surface area contributed by atoms with Crippen LogP contribution in [0.2, 0.25) is 0 Å². The second kappa shape index (κ2) is 8.75. The molecule has 3 N–H and O–H groups in total. The number of rotatable bonds is 8. The molecule has 1 aromatic carbocycles. The number of amides is 1. The number of hydrogen-bond acceptors (Lipinski definition) is 2. The number of aryl methyl sites for hydroxylation is 1. The van der Waals surface area contributed by atoms with Crippen molar-refractivity contribution in [2.45, 2.75) is 52.5 Å². The monoisotopic (exact) mass is 276 g/mol. The van der Waals surface area contributed by atoms with Gasteiger partial charge in [0.25, 0.3) is 0 Å². The lowest BCUT2D eigenvalue weighted by Gasteiger charge is -2.18. The minimum Gasteiger partial charge on any atom is -0.350 e. The van der Waals surface area contributed by atoms with E-state index >= 15 is 0 Å². The first-order valence-corrected chi connectivity index (χ1v) is 7.63. The number of benzene rings is 1. The van der Waals surface area contributed by atoms with Crippen molar-refractivity contribution in [2.75, 3.05) is 6.54 Å². The van der Waals surface area contributed by atoms with Gasteiger partial charge in [0.2, 0.25) is 5.91 Å². The van der Waals surface area contributed by atoms with Crippen molar-refractivity contribution in [1.29, 1.82) is 0 Å². The molecule has 1 aromatic rings. The molecule has 0 aliphatic carbocycles. The van der Waals surface area contributed by atoms with Gasteiger partial charge < -0.3 is 11.1 Å². The molecule has 20 heavy (non-hydrogen) atoms. The molecule has 1 unspecified atom stereocenters. The fraction of sp³-hybridized carbons (Fsp3) is 0.588. The summed E-state index contributed by atoms with van der Waals surface area (Å²) in [5, 5.41) is 3.09. The summed E-state index contributed by atoms with van der Waals surface area (Å²) in [6.45, 7) is 6.98. The van der Waals surface area contributed by atoms with Crippen molar-refractivity contribution in [3.8, 4) is 0 Å². The molecule has 3 heteroatoms. The third-order valence-corrected chi connectivity index (χ3v) is 3.96. The first kappa shape index (κ1) is 16.7. The van der Waals surface area contributed by atoms with Crippen LogP contribution in [0, 0.1) is 12.8 Å². The van der Waals surface area contributed by atoms with E-state index in [4.69, 9.17) is 5.73 Å². The molecule has 1 amide bonds. The fourth-order valence-electron chi connectivity index (χ4n) is 2.59. The summed E-state index contributed by atoms with van der Waals surface area (Å²) in [6.07, 6.45) is 3.63. The maximum atomic E-state index is 12.0. The topological polar surface area (TPSA) is 55.1 Å². The lowest BCUT2D eigenvalue weighted by molar-refractivity contribution is -0.122. The molecular weight excluding hydrogens is 248 g/mol. The van der Waals surface area contributed by atoms with Gasteiger partial charge >= 0.3 is 0 Å². The maximum Gasteiger partial charge on any atom is 0.220 e. The molecule has 2 atom stereocenters. The van der Waals surface area contributed by atoms with Gasteiger partial charge in [-0.1, -0.05) is 37.6 Å². The van der Waals surface area contributed by atoms with Crippen LogP contribution >= 0.6 is 0 Å². The standard InChI is InChI=1S/C17H28N2O/c1-4-15(11-12-18)9-10-17(20)19-14(3)16-8-6-5-7-13(16)2/h5-8,14-15H,4,9-12,18H2,1-3H3,(H,19,20)/t14-,15?/m1/s1. The number of hydrogen-bond donors (Lipinski definition) is 2. The van der Waals surface area contributed by atoms with E-state index in [0.717, 1.165) is 19.3 Å². The van der Waals surface area contributed by atoms with Gasteiger partial charge in [0, 0.05) is 6.42 Å². The molecule has 1 rings (SSSR count). The zero-order chi connectivity index (χ0) is 15.0. The SMILES string of the molecule is CCC(CCN)CCC(=O)N[C@H](C)c1ccccc1C. The fourth-order valence-corrected chi connectivity index (χ4v) is 2.59. The van der Waals surface area contributed by atoms with Crippen LogP contribution in [0.25, 0.3) is 0 Å². The third-order valence-electron chi connectivity index (χ3n) is 3.96. The van der Waals surface area contributed by atoms with E-state index in [0.29, 0.717) is 18.9 Å². The van der Waals surface area contributed by atoms with Crippen molar-refractivity contribution >= 4 is 5.91 Å². The van der Waals surface area contributed by atoms with E-state index in [1.165, 1.54) is 11.1 Å². The molecule has 0 aliphatic heterocycles. The number of carbonyl (C=O) groups excluding carboxylic acids is 1. The van der Waals surface area contributed by atoms with Gasteiger partial charge in [-0.05, 0) is 50.3 Å². The van der Waals surface area contributed by atoms with Gasteiger partial charge in [-0.25, -0.2) is 0 Å². The van der Waals surface area contributed by atoms with Gasteiger partial charge in [-0.3, -0.25) is 4.79 Å². The van der Waals surface area contributed by atoms with E-state index in [1.54, 1.807) is 0 Å². The van der Waals surface area contributed by atoms with Crippen LogP contribution in [0.4, 0.5) is 0 Å².